The Hall–Kier alpha value is -0.780. The molecule has 4 heteroatoms. The summed E-state index contributed by atoms with van der Waals surface area (Å²) in [7, 11) is 0. The monoisotopic (exact) mass is 358 g/mol. The summed E-state index contributed by atoms with van der Waals surface area (Å²) in [6.07, 6.45) is 2.38. The first-order valence-electron chi connectivity index (χ1n) is 6.43. The summed E-state index contributed by atoms with van der Waals surface area (Å²) >= 11 is 2.28. The number of piperidine rings is 1. The second-order valence-electron chi connectivity index (χ2n) is 4.92. The van der Waals surface area contributed by atoms with Crippen LogP contribution in [0.5, 0.6) is 0 Å². The van der Waals surface area contributed by atoms with Gasteiger partial charge in [0.2, 0.25) is 5.91 Å². The van der Waals surface area contributed by atoms with Gasteiger partial charge in [0.25, 0.3) is 0 Å². The number of halogens is 1. The third-order valence-electron chi connectivity index (χ3n) is 3.31. The number of hydrogen-bond acceptors (Lipinski definition) is 2. The van der Waals surface area contributed by atoms with Crippen LogP contribution in [0.15, 0.2) is 24.3 Å². The molecule has 1 fully saturated rings. The van der Waals surface area contributed by atoms with Crippen molar-refractivity contribution in [1.29, 1.82) is 0 Å². The van der Waals surface area contributed by atoms with Gasteiger partial charge in [0, 0.05) is 22.3 Å². The lowest BCUT2D eigenvalue weighted by molar-refractivity contribution is -0.130. The van der Waals surface area contributed by atoms with Crippen LogP contribution in [0.25, 0.3) is 0 Å². The van der Waals surface area contributed by atoms with E-state index in [1.807, 2.05) is 29.2 Å². The topological polar surface area (TPSA) is 32.3 Å². The molecule has 0 aliphatic carbocycles. The predicted molar refractivity (Wildman–Crippen MR) is 82.6 cm³/mol. The fourth-order valence-electron chi connectivity index (χ4n) is 2.30. The quantitative estimate of drug-likeness (QED) is 0.843. The Kier molecular flexibility index (Phi) is 4.86. The number of nitrogens with one attached hydrogen (secondary N) is 1. The van der Waals surface area contributed by atoms with E-state index in [1.54, 1.807) is 0 Å². The molecule has 98 valence electrons. The van der Waals surface area contributed by atoms with Gasteiger partial charge < -0.3 is 10.2 Å². The summed E-state index contributed by atoms with van der Waals surface area (Å²) in [6, 6.07) is 8.03. The van der Waals surface area contributed by atoms with E-state index in [0.717, 1.165) is 28.8 Å². The molecular weight excluding hydrogens is 339 g/mol. The highest BCUT2D eigenvalue weighted by atomic mass is 127. The van der Waals surface area contributed by atoms with Gasteiger partial charge in [0.05, 0.1) is 6.54 Å². The van der Waals surface area contributed by atoms with Crippen LogP contribution in [0.3, 0.4) is 0 Å². The molecule has 1 atom stereocenters. The van der Waals surface area contributed by atoms with Gasteiger partial charge in [-0.15, -0.1) is 0 Å². The normalized spacial score (nSPS) is 19.7. The highest BCUT2D eigenvalue weighted by Gasteiger charge is 2.20. The zero-order valence-corrected chi connectivity index (χ0v) is 12.8. The summed E-state index contributed by atoms with van der Waals surface area (Å²) in [4.78, 5) is 14.1. The fourth-order valence-corrected chi connectivity index (χ4v) is 2.88. The molecule has 0 bridgehead atoms. The fraction of sp³-hybridized carbons (Fsp3) is 0.500. The molecule has 0 radical (unpaired) electrons. The number of amides is 1. The van der Waals surface area contributed by atoms with Gasteiger partial charge in [0.1, 0.15) is 0 Å². The Labute approximate surface area is 122 Å². The number of carbonyl (C=O) groups is 1. The molecule has 18 heavy (non-hydrogen) atoms. The highest BCUT2D eigenvalue weighted by molar-refractivity contribution is 14.1. The largest absolute Gasteiger partial charge is 0.375 e. The molecule has 0 saturated carbocycles. The van der Waals surface area contributed by atoms with Crippen molar-refractivity contribution in [2.45, 2.75) is 19.8 Å². The van der Waals surface area contributed by atoms with Crippen molar-refractivity contribution in [3.05, 3.63) is 27.8 Å². The first-order chi connectivity index (χ1) is 8.66. The van der Waals surface area contributed by atoms with Crippen molar-refractivity contribution in [3.63, 3.8) is 0 Å². The van der Waals surface area contributed by atoms with Crippen molar-refractivity contribution >= 4 is 34.2 Å². The molecule has 0 spiro atoms. The molecule has 1 aliphatic rings. The van der Waals surface area contributed by atoms with Gasteiger partial charge >= 0.3 is 0 Å². The SMILES string of the molecule is CC1CCCN(C(=O)CNc2ccccc2I)C1. The third-order valence-corrected chi connectivity index (χ3v) is 4.25. The number of likely N-dealkylation sites (tertiary alicyclic amines) is 1. The molecule has 1 aromatic rings. The van der Waals surface area contributed by atoms with Gasteiger partial charge in [-0.25, -0.2) is 0 Å². The number of para-hydroxylation sites is 1. The van der Waals surface area contributed by atoms with Crippen LogP contribution >= 0.6 is 22.6 Å². The van der Waals surface area contributed by atoms with Crippen molar-refractivity contribution < 1.29 is 4.79 Å². The Morgan fingerprint density at radius 2 is 2.28 bits per heavy atom. The summed E-state index contributed by atoms with van der Waals surface area (Å²) < 4.78 is 1.15. The Morgan fingerprint density at radius 1 is 1.50 bits per heavy atom. The second-order valence-corrected chi connectivity index (χ2v) is 6.08. The van der Waals surface area contributed by atoms with Crippen LogP contribution in [-0.2, 0) is 4.79 Å². The molecule has 1 aromatic carbocycles. The van der Waals surface area contributed by atoms with Crippen molar-refractivity contribution in [2.24, 2.45) is 5.92 Å². The summed E-state index contributed by atoms with van der Waals surface area (Å²) in [5.74, 6) is 0.848. The van der Waals surface area contributed by atoms with E-state index >= 15 is 0 Å². The molecule has 1 heterocycles. The van der Waals surface area contributed by atoms with Gasteiger partial charge in [-0.2, -0.15) is 0 Å². The van der Waals surface area contributed by atoms with E-state index in [9.17, 15) is 4.79 Å². The average molecular weight is 358 g/mol. The van der Waals surface area contributed by atoms with Crippen LogP contribution in [0.1, 0.15) is 19.8 Å². The molecule has 1 amide bonds. The standard InChI is InChI=1S/C14H19IN2O/c1-11-5-4-8-17(10-11)14(18)9-16-13-7-3-2-6-12(13)15/h2-3,6-7,11,16H,4-5,8-10H2,1H3. The molecule has 1 aliphatic heterocycles. The lowest BCUT2D eigenvalue weighted by Gasteiger charge is -2.31. The van der Waals surface area contributed by atoms with E-state index in [-0.39, 0.29) is 5.91 Å². The first kappa shape index (κ1) is 13.6. The van der Waals surface area contributed by atoms with E-state index in [4.69, 9.17) is 0 Å². The molecule has 1 saturated heterocycles. The molecule has 0 aromatic heterocycles. The summed E-state index contributed by atoms with van der Waals surface area (Å²) in [6.45, 7) is 4.43. The van der Waals surface area contributed by atoms with Crippen LogP contribution < -0.4 is 5.32 Å². The lowest BCUT2D eigenvalue weighted by atomic mass is 10.0. The lowest BCUT2D eigenvalue weighted by Crippen LogP contribution is -2.42. The molecule has 3 nitrogen and oxygen atoms in total. The summed E-state index contributed by atoms with van der Waals surface area (Å²) in [5, 5.41) is 3.23. The van der Waals surface area contributed by atoms with Crippen LogP contribution in [0.2, 0.25) is 0 Å². The minimum absolute atomic E-state index is 0.209. The van der Waals surface area contributed by atoms with E-state index < -0.39 is 0 Å². The maximum Gasteiger partial charge on any atom is 0.241 e. The van der Waals surface area contributed by atoms with E-state index in [1.165, 1.54) is 6.42 Å². The van der Waals surface area contributed by atoms with E-state index in [2.05, 4.69) is 34.8 Å². The average Bonchev–Trinajstić information content (AvgIpc) is 2.37. The maximum atomic E-state index is 12.1. The number of hydrogen-bond donors (Lipinski definition) is 1. The number of benzene rings is 1. The Bertz CT molecular complexity index is 422. The minimum atomic E-state index is 0.209. The smallest absolute Gasteiger partial charge is 0.241 e. The van der Waals surface area contributed by atoms with Crippen molar-refractivity contribution in [3.8, 4) is 0 Å². The summed E-state index contributed by atoms with van der Waals surface area (Å²) in [5.41, 5.74) is 1.04. The van der Waals surface area contributed by atoms with Gasteiger partial charge in [-0.1, -0.05) is 19.1 Å². The number of anilines is 1. The molecule has 2 rings (SSSR count). The number of nitrogens with zero attached hydrogens (tertiary/aromatic N) is 1. The third kappa shape index (κ3) is 3.60. The van der Waals surface area contributed by atoms with Gasteiger partial charge in [-0.3, -0.25) is 4.79 Å². The number of carbonyl (C=O) groups excluding carboxylic acids is 1. The van der Waals surface area contributed by atoms with Crippen LogP contribution in [-0.4, -0.2) is 30.4 Å². The minimum Gasteiger partial charge on any atom is -0.375 e. The van der Waals surface area contributed by atoms with Gasteiger partial charge in [-0.05, 0) is 53.5 Å². The van der Waals surface area contributed by atoms with Crippen molar-refractivity contribution in [1.82, 2.24) is 4.90 Å². The zero-order chi connectivity index (χ0) is 13.0. The highest BCUT2D eigenvalue weighted by Crippen LogP contribution is 2.18. The maximum absolute atomic E-state index is 12.1. The molecule has 1 N–H and O–H groups in total. The predicted octanol–water partition coefficient (Wildman–Crippen LogP) is 2.96. The second kappa shape index (κ2) is 6.41. The van der Waals surface area contributed by atoms with Crippen LogP contribution in [0, 0.1) is 9.49 Å². The van der Waals surface area contributed by atoms with Crippen LogP contribution in [0.4, 0.5) is 5.69 Å². The zero-order valence-electron chi connectivity index (χ0n) is 10.7. The van der Waals surface area contributed by atoms with Crippen molar-refractivity contribution in [2.75, 3.05) is 25.0 Å². The molecule has 1 unspecified atom stereocenters. The molecular formula is C14H19IN2O. The van der Waals surface area contributed by atoms with E-state index in [0.29, 0.717) is 12.5 Å². The number of rotatable bonds is 3. The Balaban J connectivity index is 1.86. The van der Waals surface area contributed by atoms with Gasteiger partial charge in [0.15, 0.2) is 0 Å². The first-order valence-corrected chi connectivity index (χ1v) is 7.51. The Morgan fingerprint density at radius 3 is 3.00 bits per heavy atom.